The maximum atomic E-state index is 12.8. The number of methoxy groups -OCH3 is 2. The average Bonchev–Trinajstić information content (AvgIpc) is 2.78. The van der Waals surface area contributed by atoms with Gasteiger partial charge in [0.2, 0.25) is 5.88 Å². The number of rotatable bonds is 5. The lowest BCUT2D eigenvalue weighted by molar-refractivity contribution is 0.0857. The van der Waals surface area contributed by atoms with Crippen LogP contribution >= 0.6 is 0 Å². The van der Waals surface area contributed by atoms with E-state index in [9.17, 15) is 9.59 Å². The summed E-state index contributed by atoms with van der Waals surface area (Å²) < 4.78 is 10.2. The third kappa shape index (κ3) is 4.24. The molecule has 0 radical (unpaired) electrons. The molecule has 0 N–H and O–H groups in total. The molecule has 2 aromatic rings. The van der Waals surface area contributed by atoms with Gasteiger partial charge in [-0.1, -0.05) is 0 Å². The zero-order valence-corrected chi connectivity index (χ0v) is 16.4. The van der Waals surface area contributed by atoms with E-state index in [4.69, 9.17) is 9.47 Å². The van der Waals surface area contributed by atoms with E-state index in [0.29, 0.717) is 37.4 Å². The normalized spacial score (nSPS) is 14.5. The quantitative estimate of drug-likeness (QED) is 0.741. The summed E-state index contributed by atoms with van der Waals surface area (Å²) in [5.74, 6) is 1.21. The summed E-state index contributed by atoms with van der Waals surface area (Å²) in [5.41, 5.74) is 1.38. The zero-order valence-electron chi connectivity index (χ0n) is 16.4. The Morgan fingerprint density at radius 3 is 2.25 bits per heavy atom. The summed E-state index contributed by atoms with van der Waals surface area (Å²) in [5, 5.41) is 0. The van der Waals surface area contributed by atoms with Crippen LogP contribution in [0.4, 0.5) is 10.5 Å². The first-order valence-electron chi connectivity index (χ1n) is 9.24. The topological polar surface area (TPSA) is 72.0 Å². The summed E-state index contributed by atoms with van der Waals surface area (Å²) >= 11 is 0. The van der Waals surface area contributed by atoms with E-state index in [0.717, 1.165) is 11.4 Å². The summed E-state index contributed by atoms with van der Waals surface area (Å²) in [6.45, 7) is 1.11. The first-order valence-corrected chi connectivity index (χ1v) is 9.24. The van der Waals surface area contributed by atoms with E-state index in [-0.39, 0.29) is 17.7 Å². The third-order valence-electron chi connectivity index (χ3n) is 5.11. The Morgan fingerprint density at radius 1 is 1.04 bits per heavy atom. The number of likely N-dealkylation sites (tertiary alicyclic amines) is 1. The number of hydrogen-bond donors (Lipinski definition) is 0. The minimum absolute atomic E-state index is 0.0674. The van der Waals surface area contributed by atoms with E-state index in [2.05, 4.69) is 4.98 Å². The Kier molecular flexibility index (Phi) is 6.13. The summed E-state index contributed by atoms with van der Waals surface area (Å²) in [6.07, 6.45) is 2.84. The number of anilines is 1. The molecule has 1 aliphatic rings. The lowest BCUT2D eigenvalue weighted by Crippen LogP contribution is -2.46. The standard InChI is InChI=1S/C21H25N3O4/c1-23(17-5-7-18(27-2)8-6-17)21(26)24-12-10-15(11-13-24)20(25)16-4-9-19(28-3)22-14-16/h4-9,14-15H,10-13H2,1-3H3. The number of nitrogens with zero attached hydrogens (tertiary/aromatic N) is 3. The second-order valence-corrected chi connectivity index (χ2v) is 6.75. The Morgan fingerprint density at radius 2 is 1.71 bits per heavy atom. The van der Waals surface area contributed by atoms with Crippen LogP contribution in [0.2, 0.25) is 0 Å². The molecule has 2 amide bonds. The number of benzene rings is 1. The number of ether oxygens (including phenoxy) is 2. The lowest BCUT2D eigenvalue weighted by atomic mass is 9.89. The molecule has 0 spiro atoms. The molecule has 0 bridgehead atoms. The molecule has 0 aliphatic carbocycles. The van der Waals surface area contributed by atoms with Crippen molar-refractivity contribution < 1.29 is 19.1 Å². The Bertz CT molecular complexity index is 813. The molecule has 1 aromatic carbocycles. The molecule has 0 atom stereocenters. The fourth-order valence-corrected chi connectivity index (χ4v) is 3.34. The van der Waals surface area contributed by atoms with E-state index < -0.39 is 0 Å². The first kappa shape index (κ1) is 19.7. The van der Waals surface area contributed by atoms with Gasteiger partial charge < -0.3 is 14.4 Å². The number of piperidine rings is 1. The van der Waals surface area contributed by atoms with Crippen molar-refractivity contribution in [1.29, 1.82) is 0 Å². The molecular formula is C21H25N3O4. The van der Waals surface area contributed by atoms with Crippen LogP contribution in [0.25, 0.3) is 0 Å². The number of pyridine rings is 1. The number of urea groups is 1. The Labute approximate surface area is 164 Å². The van der Waals surface area contributed by atoms with Gasteiger partial charge in [-0.2, -0.15) is 0 Å². The number of ketones is 1. The number of hydrogen-bond acceptors (Lipinski definition) is 5. The summed E-state index contributed by atoms with van der Waals surface area (Å²) in [6, 6.07) is 10.7. The van der Waals surface area contributed by atoms with Crippen LogP contribution in [0.3, 0.4) is 0 Å². The van der Waals surface area contributed by atoms with Gasteiger partial charge in [-0.3, -0.25) is 9.69 Å². The van der Waals surface area contributed by atoms with Crippen molar-refractivity contribution in [2.45, 2.75) is 12.8 Å². The minimum atomic E-state index is -0.0921. The van der Waals surface area contributed by atoms with Crippen LogP contribution in [-0.4, -0.2) is 56.1 Å². The maximum absolute atomic E-state index is 12.8. The fraction of sp³-hybridized carbons (Fsp3) is 0.381. The third-order valence-corrected chi connectivity index (χ3v) is 5.11. The van der Waals surface area contributed by atoms with Gasteiger partial charge in [-0.25, -0.2) is 9.78 Å². The molecule has 1 aromatic heterocycles. The highest BCUT2D eigenvalue weighted by Crippen LogP contribution is 2.25. The minimum Gasteiger partial charge on any atom is -0.497 e. The molecule has 1 aliphatic heterocycles. The lowest BCUT2D eigenvalue weighted by Gasteiger charge is -2.34. The van der Waals surface area contributed by atoms with Gasteiger partial charge in [-0.05, 0) is 43.2 Å². The molecule has 1 fully saturated rings. The smallest absolute Gasteiger partial charge is 0.324 e. The average molecular weight is 383 g/mol. The fourth-order valence-electron chi connectivity index (χ4n) is 3.34. The van der Waals surface area contributed by atoms with E-state index in [1.165, 1.54) is 0 Å². The van der Waals surface area contributed by atoms with E-state index in [1.807, 2.05) is 24.3 Å². The number of aromatic nitrogens is 1. The van der Waals surface area contributed by atoms with Crippen molar-refractivity contribution in [2.24, 2.45) is 5.92 Å². The molecule has 28 heavy (non-hydrogen) atoms. The van der Waals surface area contributed by atoms with Crippen molar-refractivity contribution in [2.75, 3.05) is 39.3 Å². The molecule has 1 saturated heterocycles. The number of carbonyl (C=O) groups is 2. The van der Waals surface area contributed by atoms with Gasteiger partial charge in [0.05, 0.1) is 14.2 Å². The van der Waals surface area contributed by atoms with Crippen LogP contribution in [0.15, 0.2) is 42.6 Å². The predicted octanol–water partition coefficient (Wildman–Crippen LogP) is 3.25. The second kappa shape index (κ2) is 8.73. The van der Waals surface area contributed by atoms with Gasteiger partial charge in [0.1, 0.15) is 5.75 Å². The van der Waals surface area contributed by atoms with Crippen molar-refractivity contribution in [3.8, 4) is 11.6 Å². The van der Waals surface area contributed by atoms with Gasteiger partial charge in [0.25, 0.3) is 0 Å². The molecule has 148 valence electrons. The Hall–Kier alpha value is -3.09. The molecule has 7 nitrogen and oxygen atoms in total. The summed E-state index contributed by atoms with van der Waals surface area (Å²) in [4.78, 5) is 33.0. The molecule has 3 rings (SSSR count). The zero-order chi connectivity index (χ0) is 20.1. The van der Waals surface area contributed by atoms with Crippen LogP contribution in [-0.2, 0) is 0 Å². The van der Waals surface area contributed by atoms with Crippen LogP contribution in [0, 0.1) is 5.92 Å². The molecular weight excluding hydrogens is 358 g/mol. The maximum Gasteiger partial charge on any atom is 0.324 e. The first-order chi connectivity index (χ1) is 13.5. The van der Waals surface area contributed by atoms with Crippen molar-refractivity contribution >= 4 is 17.5 Å². The number of Topliss-reactive ketones (excluding diaryl/α,β-unsaturated/α-hetero) is 1. The number of amides is 2. The highest BCUT2D eigenvalue weighted by molar-refractivity contribution is 5.98. The van der Waals surface area contributed by atoms with Gasteiger partial charge >= 0.3 is 6.03 Å². The van der Waals surface area contributed by atoms with Crippen molar-refractivity contribution in [3.05, 3.63) is 48.2 Å². The highest BCUT2D eigenvalue weighted by Gasteiger charge is 2.29. The SMILES string of the molecule is COc1ccc(N(C)C(=O)N2CCC(C(=O)c3ccc(OC)nc3)CC2)cc1. The Balaban J connectivity index is 1.57. The predicted molar refractivity (Wildman–Crippen MR) is 106 cm³/mol. The molecule has 0 unspecified atom stereocenters. The molecule has 7 heteroatoms. The monoisotopic (exact) mass is 383 g/mol. The van der Waals surface area contributed by atoms with Crippen LogP contribution in [0.1, 0.15) is 23.2 Å². The highest BCUT2D eigenvalue weighted by atomic mass is 16.5. The van der Waals surface area contributed by atoms with Gasteiger partial charge in [0.15, 0.2) is 5.78 Å². The van der Waals surface area contributed by atoms with Gasteiger partial charge in [-0.15, -0.1) is 0 Å². The van der Waals surface area contributed by atoms with Crippen LogP contribution in [0.5, 0.6) is 11.6 Å². The number of carbonyl (C=O) groups excluding carboxylic acids is 2. The molecule has 2 heterocycles. The second-order valence-electron chi connectivity index (χ2n) is 6.75. The van der Waals surface area contributed by atoms with Crippen molar-refractivity contribution in [1.82, 2.24) is 9.88 Å². The molecule has 0 saturated carbocycles. The van der Waals surface area contributed by atoms with Crippen LogP contribution < -0.4 is 14.4 Å². The van der Waals surface area contributed by atoms with Gasteiger partial charge in [0, 0.05) is 49.6 Å². The van der Waals surface area contributed by atoms with E-state index >= 15 is 0 Å². The van der Waals surface area contributed by atoms with E-state index in [1.54, 1.807) is 49.4 Å². The summed E-state index contributed by atoms with van der Waals surface area (Å²) in [7, 11) is 4.90. The van der Waals surface area contributed by atoms with Crippen molar-refractivity contribution in [3.63, 3.8) is 0 Å². The largest absolute Gasteiger partial charge is 0.497 e.